The van der Waals surface area contributed by atoms with Crippen LogP contribution in [0.3, 0.4) is 0 Å². The third kappa shape index (κ3) is 3.67. The zero-order chi connectivity index (χ0) is 15.6. The van der Waals surface area contributed by atoms with Crippen molar-refractivity contribution in [2.75, 3.05) is 7.11 Å². The van der Waals surface area contributed by atoms with Crippen molar-refractivity contribution in [1.29, 1.82) is 0 Å². The van der Waals surface area contributed by atoms with E-state index >= 15 is 0 Å². The van der Waals surface area contributed by atoms with Crippen LogP contribution in [0, 0.1) is 5.82 Å². The zero-order valence-electron chi connectivity index (χ0n) is 11.7. The topological polar surface area (TPSA) is 29.5 Å². The Hall–Kier alpha value is -1.29. The van der Waals surface area contributed by atoms with Crippen LogP contribution in [0.15, 0.2) is 36.4 Å². The van der Waals surface area contributed by atoms with Crippen molar-refractivity contribution in [3.8, 4) is 5.75 Å². The molecule has 0 bridgehead atoms. The zero-order valence-corrected chi connectivity index (χ0v) is 13.2. The first-order valence-corrected chi connectivity index (χ1v) is 7.09. The van der Waals surface area contributed by atoms with Gasteiger partial charge in [0.05, 0.1) is 17.7 Å². The lowest BCUT2D eigenvalue weighted by Crippen LogP contribution is -2.25. The molecule has 0 aromatic heterocycles. The van der Waals surface area contributed by atoms with E-state index in [9.17, 15) is 9.50 Å². The second kappa shape index (κ2) is 6.22. The van der Waals surface area contributed by atoms with Gasteiger partial charge in [-0.1, -0.05) is 35.3 Å². The number of hydrogen-bond acceptors (Lipinski definition) is 2. The van der Waals surface area contributed by atoms with E-state index in [0.717, 1.165) is 5.56 Å². The molecule has 0 saturated carbocycles. The fraction of sp³-hybridized carbons (Fsp3) is 0.250. The molecule has 0 radical (unpaired) electrons. The first-order chi connectivity index (χ1) is 9.83. The van der Waals surface area contributed by atoms with Gasteiger partial charge >= 0.3 is 0 Å². The van der Waals surface area contributed by atoms with E-state index in [1.54, 1.807) is 14.0 Å². The van der Waals surface area contributed by atoms with Crippen LogP contribution in [0.4, 0.5) is 4.39 Å². The highest BCUT2D eigenvalue weighted by atomic mass is 35.5. The van der Waals surface area contributed by atoms with Crippen molar-refractivity contribution in [1.82, 2.24) is 0 Å². The van der Waals surface area contributed by atoms with E-state index in [1.165, 1.54) is 12.1 Å². The van der Waals surface area contributed by atoms with Gasteiger partial charge in [0, 0.05) is 17.0 Å². The predicted octanol–water partition coefficient (Wildman–Crippen LogP) is 4.59. The molecule has 1 atom stereocenters. The van der Waals surface area contributed by atoms with Gasteiger partial charge in [-0.05, 0) is 36.8 Å². The number of aliphatic hydroxyl groups is 1. The summed E-state index contributed by atoms with van der Waals surface area (Å²) in [5.74, 6) is 0.0821. The van der Waals surface area contributed by atoms with E-state index in [2.05, 4.69) is 0 Å². The molecule has 0 spiro atoms. The van der Waals surface area contributed by atoms with Gasteiger partial charge in [-0.25, -0.2) is 4.39 Å². The van der Waals surface area contributed by atoms with Gasteiger partial charge in [0.25, 0.3) is 0 Å². The van der Waals surface area contributed by atoms with Crippen LogP contribution in [0.5, 0.6) is 5.75 Å². The van der Waals surface area contributed by atoms with Gasteiger partial charge in [-0.15, -0.1) is 0 Å². The Morgan fingerprint density at radius 1 is 1.19 bits per heavy atom. The second-order valence-electron chi connectivity index (χ2n) is 5.05. The molecule has 0 fully saturated rings. The molecule has 0 amide bonds. The maximum absolute atomic E-state index is 13.6. The SMILES string of the molecule is COc1cccc(CC(C)(O)c2cc(F)c(Cl)cc2Cl)c1. The number of hydrogen-bond donors (Lipinski definition) is 1. The van der Waals surface area contributed by atoms with Crippen molar-refractivity contribution < 1.29 is 14.2 Å². The smallest absolute Gasteiger partial charge is 0.142 e. The highest BCUT2D eigenvalue weighted by Gasteiger charge is 2.27. The summed E-state index contributed by atoms with van der Waals surface area (Å²) < 4.78 is 18.8. The molecule has 2 nitrogen and oxygen atoms in total. The first kappa shape index (κ1) is 16.1. The number of halogens is 3. The molecule has 1 unspecified atom stereocenters. The summed E-state index contributed by atoms with van der Waals surface area (Å²) in [6.07, 6.45) is 0.269. The van der Waals surface area contributed by atoms with Crippen molar-refractivity contribution in [2.24, 2.45) is 0 Å². The lowest BCUT2D eigenvalue weighted by molar-refractivity contribution is 0.0574. The Bertz CT molecular complexity index is 657. The molecule has 0 aliphatic rings. The fourth-order valence-corrected chi connectivity index (χ4v) is 2.80. The molecule has 1 N–H and O–H groups in total. The molecule has 0 saturated heterocycles. The summed E-state index contributed by atoms with van der Waals surface area (Å²) in [6, 6.07) is 9.78. The van der Waals surface area contributed by atoms with E-state index in [-0.39, 0.29) is 16.5 Å². The Morgan fingerprint density at radius 2 is 1.90 bits per heavy atom. The number of methoxy groups -OCH3 is 1. The highest BCUT2D eigenvalue weighted by molar-refractivity contribution is 6.35. The molecular formula is C16H15Cl2FO2. The summed E-state index contributed by atoms with van der Waals surface area (Å²) in [5.41, 5.74) is -0.172. The van der Waals surface area contributed by atoms with Gasteiger partial charge < -0.3 is 9.84 Å². The summed E-state index contributed by atoms with van der Waals surface area (Å²) in [5, 5.41) is 10.8. The maximum Gasteiger partial charge on any atom is 0.142 e. The van der Waals surface area contributed by atoms with Crippen molar-refractivity contribution in [3.05, 3.63) is 63.4 Å². The molecule has 5 heteroatoms. The summed E-state index contributed by atoms with van der Waals surface area (Å²) in [7, 11) is 1.57. The molecule has 2 aromatic carbocycles. The van der Waals surface area contributed by atoms with Crippen molar-refractivity contribution >= 4 is 23.2 Å². The van der Waals surface area contributed by atoms with E-state index in [4.69, 9.17) is 27.9 Å². The van der Waals surface area contributed by atoms with Crippen LogP contribution >= 0.6 is 23.2 Å². The summed E-state index contributed by atoms with van der Waals surface area (Å²) in [6.45, 7) is 1.58. The standard InChI is InChI=1S/C16H15Cl2FO2/c1-16(20,9-10-4-3-5-11(6-10)21-2)12-7-15(19)14(18)8-13(12)17/h3-8,20H,9H2,1-2H3. The molecule has 2 rings (SSSR count). The second-order valence-corrected chi connectivity index (χ2v) is 5.86. The number of benzene rings is 2. The molecule has 2 aromatic rings. The van der Waals surface area contributed by atoms with Crippen LogP contribution in [0.2, 0.25) is 10.0 Å². The third-order valence-electron chi connectivity index (χ3n) is 3.27. The monoisotopic (exact) mass is 328 g/mol. The van der Waals surface area contributed by atoms with Crippen LogP contribution in [-0.2, 0) is 12.0 Å². The van der Waals surface area contributed by atoms with E-state index in [0.29, 0.717) is 11.3 Å². The molecule has 0 aliphatic carbocycles. The molecular weight excluding hydrogens is 314 g/mol. The Morgan fingerprint density at radius 3 is 2.57 bits per heavy atom. The van der Waals surface area contributed by atoms with Crippen LogP contribution in [0.1, 0.15) is 18.1 Å². The van der Waals surface area contributed by atoms with Crippen LogP contribution < -0.4 is 4.74 Å². The Kier molecular flexibility index (Phi) is 4.77. The minimum Gasteiger partial charge on any atom is -0.497 e. The summed E-state index contributed by atoms with van der Waals surface area (Å²) >= 11 is 11.8. The number of rotatable bonds is 4. The van der Waals surface area contributed by atoms with Crippen molar-refractivity contribution in [3.63, 3.8) is 0 Å². The predicted molar refractivity (Wildman–Crippen MR) is 82.7 cm³/mol. The van der Waals surface area contributed by atoms with Gasteiger partial charge in [0.15, 0.2) is 0 Å². The van der Waals surface area contributed by atoms with Gasteiger partial charge in [-0.3, -0.25) is 0 Å². The van der Waals surface area contributed by atoms with Gasteiger partial charge in [-0.2, -0.15) is 0 Å². The highest BCUT2D eigenvalue weighted by Crippen LogP contribution is 2.34. The van der Waals surface area contributed by atoms with Crippen molar-refractivity contribution in [2.45, 2.75) is 18.9 Å². The Labute approximate surface area is 133 Å². The Balaban J connectivity index is 2.35. The van der Waals surface area contributed by atoms with Gasteiger partial charge in [0.2, 0.25) is 0 Å². The van der Waals surface area contributed by atoms with E-state index in [1.807, 2.05) is 24.3 Å². The quantitative estimate of drug-likeness (QED) is 0.831. The van der Waals surface area contributed by atoms with Crippen LogP contribution in [0.25, 0.3) is 0 Å². The lowest BCUT2D eigenvalue weighted by Gasteiger charge is -2.25. The minimum atomic E-state index is -1.32. The number of ether oxygens (including phenoxy) is 1. The summed E-state index contributed by atoms with van der Waals surface area (Å²) in [4.78, 5) is 0. The maximum atomic E-state index is 13.6. The van der Waals surface area contributed by atoms with Gasteiger partial charge in [0.1, 0.15) is 11.6 Å². The molecule has 0 heterocycles. The first-order valence-electron chi connectivity index (χ1n) is 6.34. The average molecular weight is 329 g/mol. The fourth-order valence-electron chi connectivity index (χ4n) is 2.21. The average Bonchev–Trinajstić information content (AvgIpc) is 2.42. The minimum absolute atomic E-state index is 0.0686. The van der Waals surface area contributed by atoms with E-state index < -0.39 is 11.4 Å². The van der Waals surface area contributed by atoms with Crippen LogP contribution in [-0.4, -0.2) is 12.2 Å². The third-order valence-corrected chi connectivity index (χ3v) is 3.88. The lowest BCUT2D eigenvalue weighted by atomic mass is 9.89. The largest absolute Gasteiger partial charge is 0.497 e. The molecule has 21 heavy (non-hydrogen) atoms. The molecule has 0 aliphatic heterocycles. The molecule has 112 valence electrons. The normalized spacial score (nSPS) is 13.8.